The van der Waals surface area contributed by atoms with Gasteiger partial charge in [0.15, 0.2) is 11.5 Å². The molecule has 2 aromatic rings. The van der Waals surface area contributed by atoms with E-state index < -0.39 is 0 Å². The van der Waals surface area contributed by atoms with Crippen LogP contribution in [0.15, 0.2) is 41.0 Å². The van der Waals surface area contributed by atoms with Gasteiger partial charge in [0.1, 0.15) is 12.4 Å². The summed E-state index contributed by atoms with van der Waals surface area (Å²) in [6.45, 7) is 1.96. The van der Waals surface area contributed by atoms with E-state index in [0.717, 1.165) is 24.8 Å². The number of carbonyl (C=O) groups is 2. The normalized spacial score (nSPS) is 25.8. The Morgan fingerprint density at radius 3 is 2.69 bits per heavy atom. The number of hydrogen-bond acceptors (Lipinski definition) is 4. The van der Waals surface area contributed by atoms with E-state index in [1.54, 1.807) is 24.3 Å². The van der Waals surface area contributed by atoms with E-state index in [1.807, 2.05) is 13.0 Å². The molecule has 5 rings (SSSR count). The highest BCUT2D eigenvalue weighted by atomic mass is 35.5. The van der Waals surface area contributed by atoms with E-state index in [2.05, 4.69) is 5.32 Å². The summed E-state index contributed by atoms with van der Waals surface area (Å²) in [5.41, 5.74) is 0.802. The third-order valence-corrected chi connectivity index (χ3v) is 5.79. The minimum absolute atomic E-state index is 0.0345. The zero-order valence-electron chi connectivity index (χ0n) is 14.5. The molecule has 0 spiro atoms. The van der Waals surface area contributed by atoms with Crippen molar-refractivity contribution in [1.29, 1.82) is 0 Å². The highest BCUT2D eigenvalue weighted by Crippen LogP contribution is 2.69. The molecule has 1 N–H and O–H groups in total. The molecule has 0 unspecified atom stereocenters. The van der Waals surface area contributed by atoms with E-state index in [1.165, 1.54) is 6.26 Å². The second kappa shape index (κ2) is 6.16. The average Bonchev–Trinajstić information content (AvgIpc) is 3.07. The third-order valence-electron chi connectivity index (χ3n) is 5.37. The van der Waals surface area contributed by atoms with Crippen LogP contribution < -0.4 is 10.1 Å². The smallest absolute Gasteiger partial charge is 0.287 e. The fraction of sp³-hybridized carbons (Fsp3) is 0.400. The van der Waals surface area contributed by atoms with Crippen molar-refractivity contribution in [3.8, 4) is 5.75 Å². The van der Waals surface area contributed by atoms with Gasteiger partial charge in [-0.1, -0.05) is 11.6 Å². The molecule has 3 fully saturated rings. The summed E-state index contributed by atoms with van der Waals surface area (Å²) in [5.74, 6) is 0.880. The Hall–Kier alpha value is -2.27. The van der Waals surface area contributed by atoms with Crippen LogP contribution in [-0.2, 0) is 4.79 Å². The predicted octanol–water partition coefficient (Wildman–Crippen LogP) is 3.93. The molecule has 2 bridgehead atoms. The number of ketones is 1. The maximum Gasteiger partial charge on any atom is 0.287 e. The van der Waals surface area contributed by atoms with Gasteiger partial charge in [-0.25, -0.2) is 0 Å². The van der Waals surface area contributed by atoms with E-state index in [4.69, 9.17) is 20.8 Å². The number of ether oxygens (including phenoxy) is 1. The number of carbonyl (C=O) groups excluding carboxylic acids is 2. The lowest BCUT2D eigenvalue weighted by atomic mass is 9.38. The highest BCUT2D eigenvalue weighted by molar-refractivity contribution is 6.31. The Morgan fingerprint density at radius 2 is 2.04 bits per heavy atom. The summed E-state index contributed by atoms with van der Waals surface area (Å²) in [6.07, 6.45) is 4.52. The van der Waals surface area contributed by atoms with Crippen molar-refractivity contribution < 1.29 is 18.7 Å². The van der Waals surface area contributed by atoms with Gasteiger partial charge in [0.25, 0.3) is 5.91 Å². The largest absolute Gasteiger partial charge is 0.486 e. The zero-order chi connectivity index (χ0) is 18.4. The highest BCUT2D eigenvalue weighted by Gasteiger charge is 2.68. The molecule has 0 atom stereocenters. The van der Waals surface area contributed by atoms with E-state index in [0.29, 0.717) is 23.0 Å². The second-order valence-electron chi connectivity index (χ2n) is 7.66. The van der Waals surface area contributed by atoms with Gasteiger partial charge in [-0.15, -0.1) is 0 Å². The van der Waals surface area contributed by atoms with Gasteiger partial charge in [0, 0.05) is 17.0 Å². The van der Waals surface area contributed by atoms with Crippen LogP contribution in [0.3, 0.4) is 0 Å². The molecular weight excluding hydrogens is 354 g/mol. The molecule has 0 saturated heterocycles. The molecule has 0 radical (unpaired) electrons. The number of aryl methyl sites for hydroxylation is 1. The van der Waals surface area contributed by atoms with Crippen LogP contribution in [0.25, 0.3) is 0 Å². The summed E-state index contributed by atoms with van der Waals surface area (Å²) >= 11 is 5.99. The van der Waals surface area contributed by atoms with Crippen molar-refractivity contribution in [1.82, 2.24) is 5.32 Å². The fourth-order valence-corrected chi connectivity index (χ4v) is 4.49. The van der Waals surface area contributed by atoms with Crippen LogP contribution in [0, 0.1) is 12.3 Å². The molecule has 1 aromatic carbocycles. The lowest BCUT2D eigenvalue weighted by Gasteiger charge is -2.70. The molecule has 136 valence electrons. The molecular formula is C20H20ClNO4. The van der Waals surface area contributed by atoms with Gasteiger partial charge in [-0.3, -0.25) is 9.59 Å². The molecule has 6 heteroatoms. The number of hydrogen-bond donors (Lipinski definition) is 1. The molecule has 26 heavy (non-hydrogen) atoms. The first-order valence-corrected chi connectivity index (χ1v) is 9.03. The molecule has 1 amide bonds. The van der Waals surface area contributed by atoms with Gasteiger partial charge in [-0.2, -0.15) is 0 Å². The minimum Gasteiger partial charge on any atom is -0.486 e. The maximum absolute atomic E-state index is 12.3. The Labute approximate surface area is 156 Å². The Morgan fingerprint density at radius 1 is 1.27 bits per heavy atom. The first-order chi connectivity index (χ1) is 12.4. The van der Waals surface area contributed by atoms with Crippen molar-refractivity contribution >= 4 is 23.3 Å². The number of furan rings is 1. The Balaban J connectivity index is 1.23. The molecule has 3 aliphatic rings. The molecule has 3 aliphatic carbocycles. The van der Waals surface area contributed by atoms with E-state index in [-0.39, 0.29) is 29.3 Å². The van der Waals surface area contributed by atoms with Crippen LogP contribution >= 0.6 is 11.6 Å². The van der Waals surface area contributed by atoms with Crippen molar-refractivity contribution in [2.75, 3.05) is 6.61 Å². The number of halogens is 1. The van der Waals surface area contributed by atoms with Gasteiger partial charge in [0.2, 0.25) is 0 Å². The summed E-state index contributed by atoms with van der Waals surface area (Å²) < 4.78 is 10.7. The van der Waals surface area contributed by atoms with Crippen molar-refractivity contribution in [3.05, 3.63) is 52.9 Å². The van der Waals surface area contributed by atoms with Crippen LogP contribution in [0.1, 0.15) is 41.8 Å². The van der Waals surface area contributed by atoms with E-state index in [9.17, 15) is 9.59 Å². The first kappa shape index (κ1) is 17.2. The SMILES string of the molecule is Cc1cc(OCC(=O)CC23CC(NC(=O)c4ccco4)(C2)C3)ccc1Cl. The number of rotatable bonds is 7. The van der Waals surface area contributed by atoms with Gasteiger partial charge in [0.05, 0.1) is 6.26 Å². The summed E-state index contributed by atoms with van der Waals surface area (Å²) in [5, 5.41) is 3.72. The van der Waals surface area contributed by atoms with Crippen molar-refractivity contribution in [3.63, 3.8) is 0 Å². The summed E-state index contributed by atoms with van der Waals surface area (Å²) in [4.78, 5) is 24.3. The van der Waals surface area contributed by atoms with Gasteiger partial charge < -0.3 is 14.5 Å². The van der Waals surface area contributed by atoms with Crippen LogP contribution in [0.5, 0.6) is 5.75 Å². The van der Waals surface area contributed by atoms with Crippen LogP contribution in [0.4, 0.5) is 0 Å². The van der Waals surface area contributed by atoms with Crippen LogP contribution in [0.2, 0.25) is 5.02 Å². The molecule has 1 aromatic heterocycles. The third kappa shape index (κ3) is 3.12. The second-order valence-corrected chi connectivity index (χ2v) is 8.06. The average molecular weight is 374 g/mol. The summed E-state index contributed by atoms with van der Waals surface area (Å²) in [7, 11) is 0. The number of Topliss-reactive ketones (excluding diaryl/α,β-unsaturated/α-hetero) is 1. The Bertz CT molecular complexity index is 839. The lowest BCUT2D eigenvalue weighted by Crippen LogP contribution is -2.75. The number of nitrogens with one attached hydrogen (secondary N) is 1. The zero-order valence-corrected chi connectivity index (χ0v) is 15.3. The topological polar surface area (TPSA) is 68.5 Å². The van der Waals surface area contributed by atoms with Gasteiger partial charge >= 0.3 is 0 Å². The molecule has 0 aliphatic heterocycles. The predicted molar refractivity (Wildman–Crippen MR) is 96.5 cm³/mol. The van der Waals surface area contributed by atoms with Gasteiger partial charge in [-0.05, 0) is 67.5 Å². The molecule has 1 heterocycles. The maximum atomic E-state index is 12.3. The quantitative estimate of drug-likeness (QED) is 0.798. The minimum atomic E-state index is -0.184. The van der Waals surface area contributed by atoms with Crippen LogP contribution in [-0.4, -0.2) is 23.8 Å². The van der Waals surface area contributed by atoms with Crippen molar-refractivity contribution in [2.45, 2.75) is 38.1 Å². The van der Waals surface area contributed by atoms with E-state index >= 15 is 0 Å². The molecule has 3 saturated carbocycles. The molecule has 5 nitrogen and oxygen atoms in total. The number of amides is 1. The Kier molecular flexibility index (Phi) is 4.07. The summed E-state index contributed by atoms with van der Waals surface area (Å²) in [6, 6.07) is 8.71. The standard InChI is InChI=1S/C20H20ClNO4/c1-13-7-15(4-5-16(13)21)26-9-14(23)8-19-10-20(11-19,12-19)22-18(24)17-3-2-6-25-17/h2-7H,8-12H2,1H3,(H,22,24). The lowest BCUT2D eigenvalue weighted by molar-refractivity contribution is -0.162. The monoisotopic (exact) mass is 373 g/mol. The first-order valence-electron chi connectivity index (χ1n) is 8.66. The number of benzene rings is 1. The van der Waals surface area contributed by atoms with Crippen molar-refractivity contribution in [2.24, 2.45) is 5.41 Å². The fourth-order valence-electron chi connectivity index (χ4n) is 4.37.